The molecule has 0 bridgehead atoms. The lowest BCUT2D eigenvalue weighted by Gasteiger charge is -2.15. The number of halogens is 1. The second kappa shape index (κ2) is 6.51. The average molecular weight is 276 g/mol. The van der Waals surface area contributed by atoms with E-state index in [1.54, 1.807) is 0 Å². The maximum Gasteiger partial charge on any atom is 0.220 e. The Hall–Kier alpha value is -0.0500. The van der Waals surface area contributed by atoms with Gasteiger partial charge in [0.05, 0.1) is 0 Å². The van der Waals surface area contributed by atoms with Gasteiger partial charge in [-0.15, -0.1) is 0 Å². The standard InChI is InChI=1S/C12H22BrNO/c1-9(2)11(13)8-14-12(15)7-10-5-3-4-6-10/h9-11H,3-8H2,1-2H3,(H,14,15). The second-order valence-electron chi connectivity index (χ2n) is 4.92. The lowest BCUT2D eigenvalue weighted by atomic mass is 10.0. The predicted molar refractivity (Wildman–Crippen MR) is 67.1 cm³/mol. The van der Waals surface area contributed by atoms with E-state index >= 15 is 0 Å². The number of carbonyl (C=O) groups is 1. The Bertz CT molecular complexity index is 200. The first-order valence-electron chi connectivity index (χ1n) is 6.00. The molecule has 1 N–H and O–H groups in total. The van der Waals surface area contributed by atoms with Gasteiger partial charge >= 0.3 is 0 Å². The van der Waals surface area contributed by atoms with E-state index < -0.39 is 0 Å². The molecule has 0 aromatic heterocycles. The van der Waals surface area contributed by atoms with Gasteiger partial charge in [0.25, 0.3) is 0 Å². The van der Waals surface area contributed by atoms with Gasteiger partial charge in [-0.3, -0.25) is 4.79 Å². The van der Waals surface area contributed by atoms with Gasteiger partial charge in [-0.2, -0.15) is 0 Å². The molecular weight excluding hydrogens is 254 g/mol. The second-order valence-corrected chi connectivity index (χ2v) is 6.09. The molecule has 88 valence electrons. The highest BCUT2D eigenvalue weighted by Gasteiger charge is 2.18. The van der Waals surface area contributed by atoms with E-state index in [0.717, 1.165) is 13.0 Å². The zero-order chi connectivity index (χ0) is 11.3. The maximum atomic E-state index is 11.6. The van der Waals surface area contributed by atoms with Crippen molar-refractivity contribution < 1.29 is 4.79 Å². The smallest absolute Gasteiger partial charge is 0.220 e. The van der Waals surface area contributed by atoms with E-state index in [1.807, 2.05) is 0 Å². The van der Waals surface area contributed by atoms with Crippen molar-refractivity contribution in [2.75, 3.05) is 6.54 Å². The molecule has 0 spiro atoms. The maximum absolute atomic E-state index is 11.6. The van der Waals surface area contributed by atoms with Gasteiger partial charge < -0.3 is 5.32 Å². The monoisotopic (exact) mass is 275 g/mol. The fraction of sp³-hybridized carbons (Fsp3) is 0.917. The molecule has 0 aromatic rings. The van der Waals surface area contributed by atoms with Crippen LogP contribution in [0.2, 0.25) is 0 Å². The van der Waals surface area contributed by atoms with Crippen molar-refractivity contribution in [3.63, 3.8) is 0 Å². The molecule has 0 aromatic carbocycles. The molecule has 1 aliphatic rings. The quantitative estimate of drug-likeness (QED) is 0.768. The zero-order valence-corrected chi connectivity index (χ0v) is 11.3. The van der Waals surface area contributed by atoms with Crippen LogP contribution in [0, 0.1) is 11.8 Å². The molecule has 3 heteroatoms. The Labute approximate surface area is 101 Å². The fourth-order valence-corrected chi connectivity index (χ4v) is 2.16. The summed E-state index contributed by atoms with van der Waals surface area (Å²) in [5.74, 6) is 1.45. The molecule has 1 unspecified atom stereocenters. The summed E-state index contributed by atoms with van der Waals surface area (Å²) in [5, 5.41) is 3.00. The summed E-state index contributed by atoms with van der Waals surface area (Å²) < 4.78 is 0. The van der Waals surface area contributed by atoms with Crippen LogP contribution in [0.5, 0.6) is 0 Å². The molecule has 1 fully saturated rings. The Morgan fingerprint density at radius 3 is 2.53 bits per heavy atom. The number of hydrogen-bond acceptors (Lipinski definition) is 1. The molecule has 0 radical (unpaired) electrons. The molecule has 0 heterocycles. The summed E-state index contributed by atoms with van der Waals surface area (Å²) >= 11 is 3.57. The van der Waals surface area contributed by atoms with Crippen LogP contribution in [-0.2, 0) is 4.79 Å². The third kappa shape index (κ3) is 5.01. The first-order valence-corrected chi connectivity index (χ1v) is 6.92. The van der Waals surface area contributed by atoms with Crippen molar-refractivity contribution in [3.05, 3.63) is 0 Å². The van der Waals surface area contributed by atoms with Gasteiger partial charge in [-0.25, -0.2) is 0 Å². The van der Waals surface area contributed by atoms with E-state index in [-0.39, 0.29) is 5.91 Å². The van der Waals surface area contributed by atoms with Crippen LogP contribution in [0.3, 0.4) is 0 Å². The van der Waals surface area contributed by atoms with Crippen molar-refractivity contribution in [1.29, 1.82) is 0 Å². The van der Waals surface area contributed by atoms with Crippen LogP contribution in [0.1, 0.15) is 46.0 Å². The SMILES string of the molecule is CC(C)C(Br)CNC(=O)CC1CCCC1. The number of rotatable bonds is 5. The molecule has 0 aliphatic heterocycles. The molecule has 0 saturated heterocycles. The topological polar surface area (TPSA) is 29.1 Å². The highest BCUT2D eigenvalue weighted by molar-refractivity contribution is 9.09. The summed E-state index contributed by atoms with van der Waals surface area (Å²) in [7, 11) is 0. The van der Waals surface area contributed by atoms with Crippen molar-refractivity contribution in [1.82, 2.24) is 5.32 Å². The van der Waals surface area contributed by atoms with Gasteiger partial charge in [0, 0.05) is 17.8 Å². The van der Waals surface area contributed by atoms with Crippen molar-refractivity contribution in [2.45, 2.75) is 50.8 Å². The van der Waals surface area contributed by atoms with Crippen LogP contribution < -0.4 is 5.32 Å². The van der Waals surface area contributed by atoms with Crippen LogP contribution in [0.15, 0.2) is 0 Å². The largest absolute Gasteiger partial charge is 0.355 e. The third-order valence-corrected chi connectivity index (χ3v) is 4.55. The zero-order valence-electron chi connectivity index (χ0n) is 9.76. The molecule has 15 heavy (non-hydrogen) atoms. The van der Waals surface area contributed by atoms with Crippen LogP contribution in [-0.4, -0.2) is 17.3 Å². The Morgan fingerprint density at radius 2 is 2.00 bits per heavy atom. The highest BCUT2D eigenvalue weighted by atomic mass is 79.9. The summed E-state index contributed by atoms with van der Waals surface area (Å²) in [6.07, 6.45) is 5.85. The fourth-order valence-electron chi connectivity index (χ4n) is 2.00. The van der Waals surface area contributed by atoms with Gasteiger partial charge in [0.15, 0.2) is 0 Å². The molecular formula is C12H22BrNO. The molecule has 1 atom stereocenters. The van der Waals surface area contributed by atoms with Gasteiger partial charge in [0.1, 0.15) is 0 Å². The lowest BCUT2D eigenvalue weighted by molar-refractivity contribution is -0.121. The van der Waals surface area contributed by atoms with E-state index in [2.05, 4.69) is 35.1 Å². The highest BCUT2D eigenvalue weighted by Crippen LogP contribution is 2.27. The summed E-state index contributed by atoms with van der Waals surface area (Å²) in [6.45, 7) is 5.06. The Kier molecular flexibility index (Phi) is 5.65. The number of nitrogens with one attached hydrogen (secondary N) is 1. The van der Waals surface area contributed by atoms with E-state index in [4.69, 9.17) is 0 Å². The first kappa shape index (κ1) is 13.0. The Morgan fingerprint density at radius 1 is 1.40 bits per heavy atom. The minimum atomic E-state index is 0.229. The van der Waals surface area contributed by atoms with Crippen molar-refractivity contribution in [3.8, 4) is 0 Å². The minimum absolute atomic E-state index is 0.229. The summed E-state index contributed by atoms with van der Waals surface area (Å²) in [4.78, 5) is 12.0. The molecule has 2 nitrogen and oxygen atoms in total. The van der Waals surface area contributed by atoms with E-state index in [1.165, 1.54) is 25.7 Å². The van der Waals surface area contributed by atoms with E-state index in [9.17, 15) is 4.79 Å². The summed E-state index contributed by atoms with van der Waals surface area (Å²) in [5.41, 5.74) is 0. The van der Waals surface area contributed by atoms with Crippen LogP contribution in [0.4, 0.5) is 0 Å². The number of amides is 1. The molecule has 1 rings (SSSR count). The van der Waals surface area contributed by atoms with Gasteiger partial charge in [0.2, 0.25) is 5.91 Å². The van der Waals surface area contributed by atoms with Crippen LogP contribution >= 0.6 is 15.9 Å². The van der Waals surface area contributed by atoms with Gasteiger partial charge in [-0.1, -0.05) is 42.6 Å². The van der Waals surface area contributed by atoms with E-state index in [0.29, 0.717) is 16.7 Å². The minimum Gasteiger partial charge on any atom is -0.355 e. The van der Waals surface area contributed by atoms with Gasteiger partial charge in [-0.05, 0) is 24.7 Å². The predicted octanol–water partition coefficient (Wildman–Crippen LogP) is 3.10. The number of hydrogen-bond donors (Lipinski definition) is 1. The summed E-state index contributed by atoms with van der Waals surface area (Å²) in [6, 6.07) is 0. The molecule has 1 saturated carbocycles. The average Bonchev–Trinajstić information content (AvgIpc) is 2.66. The first-order chi connectivity index (χ1) is 7.09. The Balaban J connectivity index is 2.12. The number of carbonyl (C=O) groups excluding carboxylic acids is 1. The molecule has 1 amide bonds. The lowest BCUT2D eigenvalue weighted by Crippen LogP contribution is -2.32. The number of alkyl halides is 1. The molecule has 1 aliphatic carbocycles. The van der Waals surface area contributed by atoms with Crippen molar-refractivity contribution in [2.24, 2.45) is 11.8 Å². The third-order valence-electron chi connectivity index (χ3n) is 3.17. The normalized spacial score (nSPS) is 19.5. The van der Waals surface area contributed by atoms with Crippen molar-refractivity contribution >= 4 is 21.8 Å². The van der Waals surface area contributed by atoms with Crippen LogP contribution in [0.25, 0.3) is 0 Å².